The van der Waals surface area contributed by atoms with E-state index in [2.05, 4.69) is 0 Å². The molecule has 0 saturated carbocycles. The van der Waals surface area contributed by atoms with Crippen molar-refractivity contribution < 1.29 is 29.7 Å². The van der Waals surface area contributed by atoms with Gasteiger partial charge < -0.3 is 29.8 Å². The zero-order chi connectivity index (χ0) is 16.4. The van der Waals surface area contributed by atoms with Crippen LogP contribution in [-0.4, -0.2) is 61.4 Å². The van der Waals surface area contributed by atoms with Crippen LogP contribution in [0, 0.1) is 10.1 Å². The predicted molar refractivity (Wildman–Crippen MR) is 66.9 cm³/mol. The molecular formula is C10H13N3O9. The normalized spacial score (nSPS) is 28.5. The van der Waals surface area contributed by atoms with Gasteiger partial charge in [0.2, 0.25) is 0 Å². The van der Waals surface area contributed by atoms with Gasteiger partial charge in [-0.2, -0.15) is 0 Å². The van der Waals surface area contributed by atoms with Gasteiger partial charge in [0.15, 0.2) is 6.29 Å². The molecular weight excluding hydrogens is 306 g/mol. The molecule has 0 spiro atoms. The molecule has 1 aromatic rings. The predicted octanol–water partition coefficient (Wildman–Crippen LogP) is -3.07. The van der Waals surface area contributed by atoms with Gasteiger partial charge in [0.05, 0.1) is 18.1 Å². The van der Waals surface area contributed by atoms with Crippen LogP contribution in [0.4, 0.5) is 5.69 Å². The molecule has 12 heteroatoms. The van der Waals surface area contributed by atoms with Crippen LogP contribution in [0.15, 0.2) is 9.59 Å². The second-order valence-electron chi connectivity index (χ2n) is 4.55. The second kappa shape index (κ2) is 6.33. The van der Waals surface area contributed by atoms with Crippen molar-refractivity contribution in [3.05, 3.63) is 36.6 Å². The van der Waals surface area contributed by atoms with Gasteiger partial charge in [0, 0.05) is 0 Å². The summed E-state index contributed by atoms with van der Waals surface area (Å²) in [6.07, 6.45) is -5.81. The second-order valence-corrected chi connectivity index (χ2v) is 4.55. The summed E-state index contributed by atoms with van der Waals surface area (Å²) >= 11 is 0. The van der Waals surface area contributed by atoms with Gasteiger partial charge in [-0.25, -0.2) is 4.79 Å². The van der Waals surface area contributed by atoms with Crippen molar-refractivity contribution in [1.29, 1.82) is 0 Å². The molecule has 1 aromatic heterocycles. The van der Waals surface area contributed by atoms with Crippen LogP contribution < -0.4 is 11.2 Å². The standard InChI is InChI=1S/C10H13N3O9/c14-4-2-22-9(7(16)6(4)15)21-1-3-5(13(19)20)8(17)12-10(18)11-3/h4,6-7,9,14-16H,1-2H2,(H2,11,12,17,18)/t4-,6-,7-,9-/m1/s1. The van der Waals surface area contributed by atoms with Crippen LogP contribution in [0.1, 0.15) is 5.69 Å². The Labute approximate surface area is 121 Å². The molecule has 0 aromatic carbocycles. The first-order valence-electron chi connectivity index (χ1n) is 6.08. The lowest BCUT2D eigenvalue weighted by molar-refractivity contribution is -0.388. The fraction of sp³-hybridized carbons (Fsp3) is 0.600. The van der Waals surface area contributed by atoms with E-state index < -0.39 is 58.8 Å². The number of aliphatic hydroxyl groups excluding tert-OH is 3. The maximum atomic E-state index is 11.4. The Kier molecular flexibility index (Phi) is 4.68. The van der Waals surface area contributed by atoms with Crippen molar-refractivity contribution >= 4 is 5.69 Å². The molecule has 1 aliphatic heterocycles. The highest BCUT2D eigenvalue weighted by molar-refractivity contribution is 5.30. The lowest BCUT2D eigenvalue weighted by Gasteiger charge is -2.34. The summed E-state index contributed by atoms with van der Waals surface area (Å²) in [5.41, 5.74) is -3.50. The van der Waals surface area contributed by atoms with E-state index in [0.717, 1.165) is 0 Å². The number of nitrogens with zero attached hydrogens (tertiary/aromatic N) is 1. The molecule has 1 aliphatic rings. The summed E-state index contributed by atoms with van der Waals surface area (Å²) in [4.78, 5) is 36.1. The van der Waals surface area contributed by atoms with Crippen LogP contribution in [-0.2, 0) is 16.1 Å². The van der Waals surface area contributed by atoms with E-state index in [1.165, 1.54) is 0 Å². The van der Waals surface area contributed by atoms with Crippen LogP contribution in [0.5, 0.6) is 0 Å². The van der Waals surface area contributed by atoms with Gasteiger partial charge in [0.25, 0.3) is 0 Å². The summed E-state index contributed by atoms with van der Waals surface area (Å²) in [7, 11) is 0. The van der Waals surface area contributed by atoms with Gasteiger partial charge in [-0.3, -0.25) is 19.9 Å². The van der Waals surface area contributed by atoms with E-state index in [4.69, 9.17) is 9.47 Å². The Morgan fingerprint density at radius 3 is 2.59 bits per heavy atom. The van der Waals surface area contributed by atoms with Crippen LogP contribution in [0.3, 0.4) is 0 Å². The number of hydrogen-bond donors (Lipinski definition) is 5. The first kappa shape index (κ1) is 16.3. The van der Waals surface area contributed by atoms with Crippen molar-refractivity contribution in [2.45, 2.75) is 31.2 Å². The van der Waals surface area contributed by atoms with Gasteiger partial charge in [-0.15, -0.1) is 0 Å². The summed E-state index contributed by atoms with van der Waals surface area (Å²) in [6, 6.07) is 0. The number of H-pyrrole nitrogens is 2. The molecule has 0 unspecified atom stereocenters. The molecule has 1 saturated heterocycles. The molecule has 22 heavy (non-hydrogen) atoms. The lowest BCUT2D eigenvalue weighted by atomic mass is 10.1. The van der Waals surface area contributed by atoms with Crippen molar-refractivity contribution in [3.63, 3.8) is 0 Å². The zero-order valence-electron chi connectivity index (χ0n) is 11.0. The minimum atomic E-state index is -1.60. The first-order chi connectivity index (χ1) is 10.3. The molecule has 0 radical (unpaired) electrons. The fourth-order valence-electron chi connectivity index (χ4n) is 1.92. The summed E-state index contributed by atoms with van der Waals surface area (Å²) < 4.78 is 9.96. The first-order valence-corrected chi connectivity index (χ1v) is 6.08. The SMILES string of the molecule is O=c1[nH]c(CO[C@@H]2OC[C@@H](O)[C@@H](O)[C@H]2O)c([N+](=O)[O-])c(=O)[nH]1. The molecule has 0 aliphatic carbocycles. The summed E-state index contributed by atoms with van der Waals surface area (Å²) in [6.45, 7) is -0.948. The van der Waals surface area contributed by atoms with Crippen molar-refractivity contribution in [3.8, 4) is 0 Å². The molecule has 122 valence electrons. The highest BCUT2D eigenvalue weighted by atomic mass is 16.7. The number of nitro groups is 1. The van der Waals surface area contributed by atoms with E-state index >= 15 is 0 Å². The summed E-state index contributed by atoms with van der Waals surface area (Å²) in [5, 5.41) is 39.2. The number of nitrogens with one attached hydrogen (secondary N) is 2. The minimum Gasteiger partial charge on any atom is -0.388 e. The Hall–Kier alpha value is -2.12. The number of aromatic amines is 2. The van der Waals surface area contributed by atoms with Crippen LogP contribution in [0.2, 0.25) is 0 Å². The van der Waals surface area contributed by atoms with Crippen LogP contribution in [0.25, 0.3) is 0 Å². The van der Waals surface area contributed by atoms with Crippen molar-refractivity contribution in [1.82, 2.24) is 9.97 Å². The van der Waals surface area contributed by atoms with Crippen LogP contribution >= 0.6 is 0 Å². The fourth-order valence-corrected chi connectivity index (χ4v) is 1.92. The third-order valence-electron chi connectivity index (χ3n) is 3.02. The van der Waals surface area contributed by atoms with E-state index in [-0.39, 0.29) is 6.61 Å². The van der Waals surface area contributed by atoms with E-state index in [9.17, 15) is 35.0 Å². The van der Waals surface area contributed by atoms with E-state index in [1.807, 2.05) is 4.98 Å². The van der Waals surface area contributed by atoms with Crippen molar-refractivity contribution in [2.24, 2.45) is 0 Å². The highest BCUT2D eigenvalue weighted by Gasteiger charge is 2.38. The Balaban J connectivity index is 2.17. The molecule has 4 atom stereocenters. The molecule has 12 nitrogen and oxygen atoms in total. The van der Waals surface area contributed by atoms with Gasteiger partial charge in [0.1, 0.15) is 24.0 Å². The lowest BCUT2D eigenvalue weighted by Crippen LogP contribution is -2.53. The quantitative estimate of drug-likeness (QED) is 0.283. The molecule has 0 bridgehead atoms. The largest absolute Gasteiger partial charge is 0.388 e. The monoisotopic (exact) mass is 319 g/mol. The maximum Gasteiger partial charge on any atom is 0.355 e. The molecule has 0 amide bonds. The zero-order valence-corrected chi connectivity index (χ0v) is 11.0. The van der Waals surface area contributed by atoms with E-state index in [1.54, 1.807) is 4.98 Å². The Morgan fingerprint density at radius 2 is 1.95 bits per heavy atom. The molecule has 2 heterocycles. The number of aromatic nitrogens is 2. The average molecular weight is 319 g/mol. The number of rotatable bonds is 4. The summed E-state index contributed by atoms with van der Waals surface area (Å²) in [5.74, 6) is 0. The van der Waals surface area contributed by atoms with E-state index in [0.29, 0.717) is 0 Å². The number of hydrogen-bond acceptors (Lipinski definition) is 9. The molecule has 1 fully saturated rings. The number of aliphatic hydroxyl groups is 3. The van der Waals surface area contributed by atoms with Crippen molar-refractivity contribution in [2.75, 3.05) is 6.61 Å². The number of ether oxygens (including phenoxy) is 2. The van der Waals surface area contributed by atoms with Gasteiger partial charge >= 0.3 is 16.9 Å². The molecule has 5 N–H and O–H groups in total. The van der Waals surface area contributed by atoms with Gasteiger partial charge in [-0.05, 0) is 0 Å². The third kappa shape index (κ3) is 3.20. The molecule has 2 rings (SSSR count). The Morgan fingerprint density at radius 1 is 1.27 bits per heavy atom. The average Bonchev–Trinajstić information content (AvgIpc) is 2.42. The third-order valence-corrected chi connectivity index (χ3v) is 3.02. The smallest absolute Gasteiger partial charge is 0.355 e. The highest BCUT2D eigenvalue weighted by Crippen LogP contribution is 2.19. The maximum absolute atomic E-state index is 11.4. The topological polar surface area (TPSA) is 188 Å². The van der Waals surface area contributed by atoms with Gasteiger partial charge in [-0.1, -0.05) is 0 Å². The minimum absolute atomic E-state index is 0.323. The Bertz CT molecular complexity index is 668.